The highest BCUT2D eigenvalue weighted by molar-refractivity contribution is 6.01. The van der Waals surface area contributed by atoms with Crippen molar-refractivity contribution in [1.82, 2.24) is 4.98 Å². The third-order valence-electron chi connectivity index (χ3n) is 4.33. The molecule has 0 aliphatic heterocycles. The fourth-order valence-corrected chi connectivity index (χ4v) is 2.77. The number of rotatable bonds is 7. The van der Waals surface area contributed by atoms with Crippen LogP contribution in [0.3, 0.4) is 0 Å². The van der Waals surface area contributed by atoms with Gasteiger partial charge in [-0.3, -0.25) is 9.59 Å². The Morgan fingerprint density at radius 3 is 2.24 bits per heavy atom. The highest BCUT2D eigenvalue weighted by Crippen LogP contribution is 2.20. The van der Waals surface area contributed by atoms with E-state index in [1.165, 1.54) is 13.8 Å². The summed E-state index contributed by atoms with van der Waals surface area (Å²) in [4.78, 5) is 50.9. The van der Waals surface area contributed by atoms with Crippen molar-refractivity contribution >= 4 is 29.3 Å². The van der Waals surface area contributed by atoms with Crippen LogP contribution in [0, 0.1) is 13.8 Å². The molecule has 0 saturated heterocycles. The molecule has 0 unspecified atom stereocenters. The zero-order chi connectivity index (χ0) is 21.7. The topological polar surface area (TPSA) is 115 Å². The van der Waals surface area contributed by atoms with Crippen LogP contribution in [0.1, 0.15) is 63.2 Å². The highest BCUT2D eigenvalue weighted by Gasteiger charge is 2.26. The fraction of sp³-hybridized carbons (Fsp3) is 0.333. The number of hydrogen-bond donors (Lipinski definition) is 2. The van der Waals surface area contributed by atoms with E-state index in [4.69, 9.17) is 9.47 Å². The van der Waals surface area contributed by atoms with Crippen LogP contribution in [-0.4, -0.2) is 41.3 Å². The summed E-state index contributed by atoms with van der Waals surface area (Å²) in [5.41, 5.74) is 2.25. The van der Waals surface area contributed by atoms with Gasteiger partial charge in [0.2, 0.25) is 0 Å². The van der Waals surface area contributed by atoms with Gasteiger partial charge >= 0.3 is 11.9 Å². The third-order valence-corrected chi connectivity index (χ3v) is 4.33. The molecule has 8 heteroatoms. The largest absolute Gasteiger partial charge is 0.462 e. The molecule has 154 valence electrons. The quantitative estimate of drug-likeness (QED) is 0.545. The predicted molar refractivity (Wildman–Crippen MR) is 106 cm³/mol. The number of carbonyl (C=O) groups excluding carboxylic acids is 4. The Morgan fingerprint density at radius 2 is 1.69 bits per heavy atom. The first-order chi connectivity index (χ1) is 13.6. The number of ether oxygens (including phenoxy) is 2. The first kappa shape index (κ1) is 21.9. The molecule has 1 aromatic carbocycles. The van der Waals surface area contributed by atoms with Crippen LogP contribution in [0.4, 0.5) is 5.69 Å². The van der Waals surface area contributed by atoms with Crippen LogP contribution in [0.25, 0.3) is 0 Å². The molecule has 0 aliphatic rings. The molecule has 0 fully saturated rings. The van der Waals surface area contributed by atoms with Gasteiger partial charge in [0, 0.05) is 16.9 Å². The van der Waals surface area contributed by atoms with Gasteiger partial charge in [-0.15, -0.1) is 0 Å². The molecule has 0 bridgehead atoms. The van der Waals surface area contributed by atoms with E-state index in [2.05, 4.69) is 10.3 Å². The van der Waals surface area contributed by atoms with Gasteiger partial charge in [0.15, 0.2) is 11.9 Å². The smallest absolute Gasteiger partial charge is 0.355 e. The summed E-state index contributed by atoms with van der Waals surface area (Å²) >= 11 is 0. The zero-order valence-electron chi connectivity index (χ0n) is 17.0. The average Bonchev–Trinajstić information content (AvgIpc) is 2.96. The number of aromatic nitrogens is 1. The predicted octanol–water partition coefficient (Wildman–Crippen LogP) is 3.19. The third kappa shape index (κ3) is 5.10. The van der Waals surface area contributed by atoms with Crippen molar-refractivity contribution in [3.05, 3.63) is 52.3 Å². The lowest BCUT2D eigenvalue weighted by atomic mass is 10.1. The minimum atomic E-state index is -1.08. The van der Waals surface area contributed by atoms with Gasteiger partial charge in [-0.25, -0.2) is 9.59 Å². The summed E-state index contributed by atoms with van der Waals surface area (Å²) in [5, 5.41) is 2.62. The van der Waals surface area contributed by atoms with E-state index in [0.717, 1.165) is 0 Å². The summed E-state index contributed by atoms with van der Waals surface area (Å²) in [6.45, 7) is 8.05. The Morgan fingerprint density at radius 1 is 1.07 bits per heavy atom. The molecule has 0 aliphatic carbocycles. The first-order valence-electron chi connectivity index (χ1n) is 9.14. The average molecular weight is 400 g/mol. The maximum absolute atomic E-state index is 12.5. The zero-order valence-corrected chi connectivity index (χ0v) is 17.0. The number of hydrogen-bond acceptors (Lipinski definition) is 6. The number of aromatic amines is 1. The molecule has 2 rings (SSSR count). The summed E-state index contributed by atoms with van der Waals surface area (Å²) < 4.78 is 10.2. The summed E-state index contributed by atoms with van der Waals surface area (Å²) in [6, 6.07) is 6.37. The molecule has 0 saturated carbocycles. The second kappa shape index (κ2) is 9.18. The Bertz CT molecular complexity index is 943. The van der Waals surface area contributed by atoms with E-state index in [0.29, 0.717) is 22.5 Å². The number of H-pyrrole nitrogens is 1. The van der Waals surface area contributed by atoms with E-state index < -0.39 is 23.9 Å². The van der Waals surface area contributed by atoms with Crippen molar-refractivity contribution in [2.24, 2.45) is 0 Å². The summed E-state index contributed by atoms with van der Waals surface area (Å²) in [5.74, 6) is -1.89. The van der Waals surface area contributed by atoms with Crippen molar-refractivity contribution in [1.29, 1.82) is 0 Å². The lowest BCUT2D eigenvalue weighted by molar-refractivity contribution is -0.123. The molecule has 8 nitrogen and oxygen atoms in total. The Labute approximate surface area is 168 Å². The molecule has 1 atom stereocenters. The molecule has 29 heavy (non-hydrogen) atoms. The van der Waals surface area contributed by atoms with Crippen LogP contribution in [0.2, 0.25) is 0 Å². The minimum absolute atomic E-state index is 0.0797. The van der Waals surface area contributed by atoms with Crippen LogP contribution >= 0.6 is 0 Å². The molecule has 1 heterocycles. The molecule has 0 radical (unpaired) electrons. The lowest BCUT2D eigenvalue weighted by Gasteiger charge is -2.13. The number of nitrogens with one attached hydrogen (secondary N) is 2. The van der Waals surface area contributed by atoms with Gasteiger partial charge in [0.25, 0.3) is 5.91 Å². The number of aryl methyl sites for hydroxylation is 1. The second-order valence-electron chi connectivity index (χ2n) is 6.52. The van der Waals surface area contributed by atoms with Crippen molar-refractivity contribution in [2.45, 2.75) is 40.7 Å². The maximum Gasteiger partial charge on any atom is 0.355 e. The SMILES string of the molecule is CCOC(=O)c1c(C)[nH]c(C(=O)O[C@H](C)C(=O)Nc2ccc(C(C)=O)cc2)c1C. The molecular formula is C21H24N2O6. The van der Waals surface area contributed by atoms with E-state index >= 15 is 0 Å². The number of benzene rings is 1. The van der Waals surface area contributed by atoms with Gasteiger partial charge < -0.3 is 19.8 Å². The first-order valence-corrected chi connectivity index (χ1v) is 9.14. The Balaban J connectivity index is 2.06. The molecule has 1 amide bonds. The molecule has 2 aromatic rings. The Kier molecular flexibility index (Phi) is 6.93. The normalized spacial score (nSPS) is 11.5. The molecular weight excluding hydrogens is 376 g/mol. The molecule has 0 spiro atoms. The van der Waals surface area contributed by atoms with Crippen molar-refractivity contribution in [3.8, 4) is 0 Å². The maximum atomic E-state index is 12.5. The van der Waals surface area contributed by atoms with Gasteiger partial charge in [-0.05, 0) is 64.4 Å². The van der Waals surface area contributed by atoms with Crippen molar-refractivity contribution < 1.29 is 28.7 Å². The monoisotopic (exact) mass is 400 g/mol. The van der Waals surface area contributed by atoms with E-state index in [1.807, 2.05) is 0 Å². The summed E-state index contributed by atoms with van der Waals surface area (Å²) in [7, 11) is 0. The van der Waals surface area contributed by atoms with Gasteiger partial charge in [0.05, 0.1) is 12.2 Å². The van der Waals surface area contributed by atoms with Crippen LogP contribution in [0.5, 0.6) is 0 Å². The number of carbonyl (C=O) groups is 4. The fourth-order valence-electron chi connectivity index (χ4n) is 2.77. The highest BCUT2D eigenvalue weighted by atomic mass is 16.5. The number of Topliss-reactive ketones (excluding diaryl/α,β-unsaturated/α-hetero) is 1. The second-order valence-corrected chi connectivity index (χ2v) is 6.52. The van der Waals surface area contributed by atoms with Gasteiger partial charge in [-0.2, -0.15) is 0 Å². The van der Waals surface area contributed by atoms with E-state index in [9.17, 15) is 19.2 Å². The Hall–Kier alpha value is -3.42. The summed E-state index contributed by atoms with van der Waals surface area (Å²) in [6.07, 6.45) is -1.08. The standard InChI is InChI=1S/C21H24N2O6/c1-6-28-20(26)17-11(2)18(22-12(17)3)21(27)29-14(5)19(25)23-16-9-7-15(8-10-16)13(4)24/h7-10,14,22H,6H2,1-5H3,(H,23,25)/t14-/m1/s1. The lowest BCUT2D eigenvalue weighted by Crippen LogP contribution is -2.30. The van der Waals surface area contributed by atoms with E-state index in [-0.39, 0.29) is 23.6 Å². The number of anilines is 1. The van der Waals surface area contributed by atoms with Crippen molar-refractivity contribution in [2.75, 3.05) is 11.9 Å². The van der Waals surface area contributed by atoms with Crippen LogP contribution in [-0.2, 0) is 14.3 Å². The van der Waals surface area contributed by atoms with Gasteiger partial charge in [-0.1, -0.05) is 0 Å². The molecule has 2 N–H and O–H groups in total. The van der Waals surface area contributed by atoms with Crippen LogP contribution < -0.4 is 5.32 Å². The van der Waals surface area contributed by atoms with Gasteiger partial charge in [0.1, 0.15) is 5.69 Å². The van der Waals surface area contributed by atoms with Crippen LogP contribution in [0.15, 0.2) is 24.3 Å². The van der Waals surface area contributed by atoms with Crippen molar-refractivity contribution in [3.63, 3.8) is 0 Å². The van der Waals surface area contributed by atoms with E-state index in [1.54, 1.807) is 45.0 Å². The molecule has 1 aromatic heterocycles. The number of ketones is 1. The number of amides is 1. The number of esters is 2. The minimum Gasteiger partial charge on any atom is -0.462 e.